The number of ether oxygens (including phenoxy) is 2. The Labute approximate surface area is 191 Å². The zero-order valence-electron chi connectivity index (χ0n) is 17.1. The molecule has 0 bridgehead atoms. The molecular formula is C23H21ClN2O5S. The molecular weight excluding hydrogens is 452 g/mol. The summed E-state index contributed by atoms with van der Waals surface area (Å²) in [5.74, 6) is 0.351. The molecule has 0 atom stereocenters. The Kier molecular flexibility index (Phi) is 6.74. The fraction of sp³-hybridized carbons (Fsp3) is 0.217. The second-order valence-electron chi connectivity index (χ2n) is 7.23. The average Bonchev–Trinajstić information content (AvgIpc) is 3.35. The molecule has 32 heavy (non-hydrogen) atoms. The monoisotopic (exact) mass is 472 g/mol. The van der Waals surface area contributed by atoms with Crippen LogP contribution in [0.25, 0.3) is 0 Å². The molecule has 2 aromatic carbocycles. The van der Waals surface area contributed by atoms with Crippen molar-refractivity contribution in [2.45, 2.75) is 24.3 Å². The van der Waals surface area contributed by atoms with Gasteiger partial charge in [0.2, 0.25) is 10.0 Å². The predicted molar refractivity (Wildman–Crippen MR) is 119 cm³/mol. The molecule has 9 heteroatoms. The maximum Gasteiger partial charge on any atom is 0.340 e. The third-order valence-corrected chi connectivity index (χ3v) is 7.28. The van der Waals surface area contributed by atoms with E-state index in [1.54, 1.807) is 48.8 Å². The lowest BCUT2D eigenvalue weighted by molar-refractivity contribution is 0.0470. The Morgan fingerprint density at radius 1 is 1.06 bits per heavy atom. The summed E-state index contributed by atoms with van der Waals surface area (Å²) in [6, 6.07) is 14.7. The highest BCUT2D eigenvalue weighted by atomic mass is 35.5. The van der Waals surface area contributed by atoms with Crippen molar-refractivity contribution < 1.29 is 22.7 Å². The second-order valence-corrected chi connectivity index (χ2v) is 9.57. The van der Waals surface area contributed by atoms with Crippen LogP contribution in [-0.4, -0.2) is 36.8 Å². The first-order chi connectivity index (χ1) is 15.4. The number of aromatic nitrogens is 1. The Bertz CT molecular complexity index is 1210. The molecule has 1 aliphatic rings. The van der Waals surface area contributed by atoms with Crippen molar-refractivity contribution in [3.63, 3.8) is 0 Å². The van der Waals surface area contributed by atoms with Gasteiger partial charge in [0, 0.05) is 24.8 Å². The van der Waals surface area contributed by atoms with Crippen LogP contribution in [0.1, 0.15) is 28.8 Å². The quantitative estimate of drug-likeness (QED) is 0.464. The molecule has 2 heterocycles. The van der Waals surface area contributed by atoms with E-state index in [0.717, 1.165) is 12.8 Å². The summed E-state index contributed by atoms with van der Waals surface area (Å²) in [5, 5.41) is 0.121. The summed E-state index contributed by atoms with van der Waals surface area (Å²) < 4.78 is 38.3. The molecule has 166 valence electrons. The highest BCUT2D eigenvalue weighted by Crippen LogP contribution is 2.28. The summed E-state index contributed by atoms with van der Waals surface area (Å²) in [5.41, 5.74) is 0.638. The molecule has 4 rings (SSSR count). The van der Waals surface area contributed by atoms with E-state index >= 15 is 0 Å². The van der Waals surface area contributed by atoms with E-state index in [1.807, 2.05) is 0 Å². The standard InChI is InChI=1S/C23H21ClN2O5S/c24-21-10-9-19(32(28,29)26-12-3-4-13-26)14-20(21)23(27)30-16-17-6-1-2-8-22(17)31-18-7-5-11-25-15-18/h1-2,5-11,14-15H,3-4,12-13,16H2. The van der Waals surface area contributed by atoms with Crippen LogP contribution in [0, 0.1) is 0 Å². The van der Waals surface area contributed by atoms with Gasteiger partial charge >= 0.3 is 5.97 Å². The fourth-order valence-electron chi connectivity index (χ4n) is 3.38. The van der Waals surface area contributed by atoms with Gasteiger partial charge in [-0.05, 0) is 49.2 Å². The molecule has 3 aromatic rings. The zero-order chi connectivity index (χ0) is 22.6. The minimum Gasteiger partial charge on any atom is -0.457 e. The smallest absolute Gasteiger partial charge is 0.340 e. The molecule has 0 unspecified atom stereocenters. The minimum atomic E-state index is -3.68. The lowest BCUT2D eigenvalue weighted by Gasteiger charge is -2.16. The van der Waals surface area contributed by atoms with Gasteiger partial charge in [-0.25, -0.2) is 13.2 Å². The van der Waals surface area contributed by atoms with E-state index in [0.29, 0.717) is 30.2 Å². The van der Waals surface area contributed by atoms with Gasteiger partial charge in [0.25, 0.3) is 0 Å². The first-order valence-corrected chi connectivity index (χ1v) is 11.9. The van der Waals surface area contributed by atoms with E-state index < -0.39 is 16.0 Å². The minimum absolute atomic E-state index is 0.00222. The lowest BCUT2D eigenvalue weighted by atomic mass is 10.2. The predicted octanol–water partition coefficient (Wildman–Crippen LogP) is 4.67. The maximum atomic E-state index is 12.8. The van der Waals surface area contributed by atoms with E-state index in [1.165, 1.54) is 22.5 Å². The zero-order valence-corrected chi connectivity index (χ0v) is 18.7. The average molecular weight is 473 g/mol. The molecule has 0 amide bonds. The SMILES string of the molecule is O=C(OCc1ccccc1Oc1cccnc1)c1cc(S(=O)(=O)N2CCCC2)ccc1Cl. The molecule has 0 spiro atoms. The number of rotatable bonds is 7. The van der Waals surface area contributed by atoms with Gasteiger partial charge < -0.3 is 9.47 Å². The van der Waals surface area contributed by atoms with Gasteiger partial charge in [-0.2, -0.15) is 4.31 Å². The number of esters is 1. The van der Waals surface area contributed by atoms with Crippen molar-refractivity contribution in [2.24, 2.45) is 0 Å². The number of nitrogens with zero attached hydrogens (tertiary/aromatic N) is 2. The molecule has 0 saturated carbocycles. The van der Waals surface area contributed by atoms with Crippen LogP contribution in [0.15, 0.2) is 71.9 Å². The maximum absolute atomic E-state index is 12.8. The van der Waals surface area contributed by atoms with Crippen LogP contribution in [0.4, 0.5) is 0 Å². The third kappa shape index (κ3) is 4.93. The number of hydrogen-bond donors (Lipinski definition) is 0. The first-order valence-electron chi connectivity index (χ1n) is 10.1. The molecule has 0 aliphatic carbocycles. The highest BCUT2D eigenvalue weighted by molar-refractivity contribution is 7.89. The summed E-state index contributed by atoms with van der Waals surface area (Å²) in [7, 11) is -3.68. The van der Waals surface area contributed by atoms with E-state index in [9.17, 15) is 13.2 Å². The topological polar surface area (TPSA) is 85.8 Å². The molecule has 7 nitrogen and oxygen atoms in total. The Hall–Kier alpha value is -2.94. The number of sulfonamides is 1. The molecule has 1 fully saturated rings. The number of hydrogen-bond acceptors (Lipinski definition) is 6. The van der Waals surface area contributed by atoms with Gasteiger partial charge in [-0.1, -0.05) is 29.8 Å². The van der Waals surface area contributed by atoms with Gasteiger partial charge in [0.15, 0.2) is 0 Å². The Morgan fingerprint density at radius 3 is 2.59 bits per heavy atom. The third-order valence-electron chi connectivity index (χ3n) is 5.05. The van der Waals surface area contributed by atoms with Crippen molar-refractivity contribution in [1.29, 1.82) is 0 Å². The van der Waals surface area contributed by atoms with E-state index in [-0.39, 0.29) is 22.1 Å². The van der Waals surface area contributed by atoms with Crippen molar-refractivity contribution in [2.75, 3.05) is 13.1 Å². The summed E-state index contributed by atoms with van der Waals surface area (Å²) >= 11 is 6.18. The fourth-order valence-corrected chi connectivity index (χ4v) is 5.12. The van der Waals surface area contributed by atoms with Gasteiger partial charge in [0.05, 0.1) is 21.7 Å². The number of pyridine rings is 1. The van der Waals surface area contributed by atoms with E-state index in [2.05, 4.69) is 4.98 Å². The normalized spacial score (nSPS) is 14.3. The summed E-state index contributed by atoms with van der Waals surface area (Å²) in [4.78, 5) is 16.8. The van der Waals surface area contributed by atoms with Gasteiger partial charge in [-0.3, -0.25) is 4.98 Å². The van der Waals surface area contributed by atoms with Crippen LogP contribution in [0.5, 0.6) is 11.5 Å². The van der Waals surface area contributed by atoms with Crippen LogP contribution in [-0.2, 0) is 21.4 Å². The van der Waals surface area contributed by atoms with Crippen molar-refractivity contribution >= 4 is 27.6 Å². The number of halogens is 1. The highest BCUT2D eigenvalue weighted by Gasteiger charge is 2.28. The Balaban J connectivity index is 1.51. The second kappa shape index (κ2) is 9.68. The van der Waals surface area contributed by atoms with Crippen molar-refractivity contribution in [3.8, 4) is 11.5 Å². The summed E-state index contributed by atoms with van der Waals surface area (Å²) in [6.07, 6.45) is 4.86. The van der Waals surface area contributed by atoms with Crippen LogP contribution >= 0.6 is 11.6 Å². The van der Waals surface area contributed by atoms with Gasteiger partial charge in [-0.15, -0.1) is 0 Å². The van der Waals surface area contributed by atoms with Crippen molar-refractivity contribution in [1.82, 2.24) is 9.29 Å². The number of carbonyl (C=O) groups is 1. The molecule has 0 radical (unpaired) electrons. The van der Waals surface area contributed by atoms with Crippen molar-refractivity contribution in [3.05, 3.63) is 83.1 Å². The Morgan fingerprint density at radius 2 is 1.84 bits per heavy atom. The lowest BCUT2D eigenvalue weighted by Crippen LogP contribution is -2.28. The number of benzene rings is 2. The van der Waals surface area contributed by atoms with Crippen LogP contribution in [0.3, 0.4) is 0 Å². The van der Waals surface area contributed by atoms with Gasteiger partial charge in [0.1, 0.15) is 18.1 Å². The first kappa shape index (κ1) is 22.3. The van der Waals surface area contributed by atoms with E-state index in [4.69, 9.17) is 21.1 Å². The van der Waals surface area contributed by atoms with Crippen LogP contribution in [0.2, 0.25) is 5.02 Å². The molecule has 1 aromatic heterocycles. The molecule has 0 N–H and O–H groups in total. The number of carbonyl (C=O) groups excluding carboxylic acids is 1. The van der Waals surface area contributed by atoms with Crippen LogP contribution < -0.4 is 4.74 Å². The number of para-hydroxylation sites is 1. The molecule has 1 aliphatic heterocycles. The summed E-state index contributed by atoms with van der Waals surface area (Å²) in [6.45, 7) is 0.867. The molecule has 1 saturated heterocycles. The largest absolute Gasteiger partial charge is 0.457 e.